The van der Waals surface area contributed by atoms with Crippen molar-refractivity contribution in [1.29, 1.82) is 0 Å². The van der Waals surface area contributed by atoms with Crippen LogP contribution in [0.5, 0.6) is 11.5 Å². The third-order valence-corrected chi connectivity index (χ3v) is 3.84. The third-order valence-electron chi connectivity index (χ3n) is 3.84. The maximum absolute atomic E-state index is 12.5. The summed E-state index contributed by atoms with van der Waals surface area (Å²) in [6.07, 6.45) is -0.343. The van der Waals surface area contributed by atoms with Crippen LogP contribution in [0.2, 0.25) is 0 Å². The van der Waals surface area contributed by atoms with Crippen molar-refractivity contribution in [2.75, 3.05) is 0 Å². The summed E-state index contributed by atoms with van der Waals surface area (Å²) in [6.45, 7) is 7.03. The molecular formula is C20H22O6. The second kappa shape index (κ2) is 7.23. The van der Waals surface area contributed by atoms with Gasteiger partial charge in [-0.05, 0) is 39.8 Å². The fraction of sp³-hybridized carbons (Fsp3) is 0.400. The summed E-state index contributed by atoms with van der Waals surface area (Å²) in [5.74, 6) is 1.11. The van der Waals surface area contributed by atoms with Crippen molar-refractivity contribution >= 4 is 11.9 Å². The van der Waals surface area contributed by atoms with Gasteiger partial charge in [-0.1, -0.05) is 12.1 Å². The van der Waals surface area contributed by atoms with Crippen LogP contribution in [0.1, 0.15) is 40.5 Å². The molecule has 0 spiro atoms. The molecule has 0 unspecified atom stereocenters. The Labute approximate surface area is 152 Å². The molecule has 0 radical (unpaired) electrons. The molecule has 1 aromatic carbocycles. The maximum Gasteiger partial charge on any atom is 0.335 e. The Hall–Kier alpha value is -2.76. The summed E-state index contributed by atoms with van der Waals surface area (Å²) >= 11 is 0. The molecule has 138 valence electrons. The number of allylic oxidation sites excluding steroid dienone is 2. The van der Waals surface area contributed by atoms with Crippen LogP contribution in [0, 0.1) is 0 Å². The van der Waals surface area contributed by atoms with E-state index in [0.29, 0.717) is 23.0 Å². The van der Waals surface area contributed by atoms with Crippen LogP contribution in [0.15, 0.2) is 46.9 Å². The zero-order chi connectivity index (χ0) is 18.8. The minimum Gasteiger partial charge on any atom is -0.460 e. The number of carbonyl (C=O) groups is 2. The molecule has 6 nitrogen and oxygen atoms in total. The molecule has 2 aliphatic rings. The van der Waals surface area contributed by atoms with E-state index >= 15 is 0 Å². The van der Waals surface area contributed by atoms with E-state index in [1.807, 2.05) is 12.1 Å². The van der Waals surface area contributed by atoms with Crippen LogP contribution in [0.3, 0.4) is 0 Å². The first kappa shape index (κ1) is 18.0. The predicted molar refractivity (Wildman–Crippen MR) is 93.4 cm³/mol. The van der Waals surface area contributed by atoms with Crippen LogP contribution in [0.4, 0.5) is 0 Å². The number of ether oxygens (including phenoxy) is 4. The van der Waals surface area contributed by atoms with Gasteiger partial charge in [-0.2, -0.15) is 0 Å². The second-order valence-electron chi connectivity index (χ2n) is 6.72. The van der Waals surface area contributed by atoms with Crippen molar-refractivity contribution in [3.63, 3.8) is 0 Å². The zero-order valence-electron chi connectivity index (χ0n) is 15.3. The van der Waals surface area contributed by atoms with Crippen molar-refractivity contribution in [1.82, 2.24) is 0 Å². The molecule has 26 heavy (non-hydrogen) atoms. The molecule has 1 aromatic rings. The van der Waals surface area contributed by atoms with E-state index in [9.17, 15) is 9.59 Å². The highest BCUT2D eigenvalue weighted by molar-refractivity contribution is 6.01. The lowest BCUT2D eigenvalue weighted by Crippen LogP contribution is -2.27. The van der Waals surface area contributed by atoms with Crippen molar-refractivity contribution in [3.8, 4) is 11.5 Å². The molecule has 1 aliphatic heterocycles. The van der Waals surface area contributed by atoms with Crippen LogP contribution in [-0.2, 0) is 19.1 Å². The van der Waals surface area contributed by atoms with E-state index in [1.54, 1.807) is 39.8 Å². The highest BCUT2D eigenvalue weighted by Gasteiger charge is 2.35. The van der Waals surface area contributed by atoms with Crippen LogP contribution >= 0.6 is 0 Å². The highest BCUT2D eigenvalue weighted by Crippen LogP contribution is 2.41. The van der Waals surface area contributed by atoms with Gasteiger partial charge in [0.1, 0.15) is 11.5 Å². The average molecular weight is 358 g/mol. The Balaban J connectivity index is 1.91. The van der Waals surface area contributed by atoms with Crippen molar-refractivity contribution in [2.45, 2.75) is 52.7 Å². The van der Waals surface area contributed by atoms with Crippen LogP contribution < -0.4 is 9.47 Å². The number of carbonyl (C=O) groups excluding carboxylic acids is 2. The predicted octanol–water partition coefficient (Wildman–Crippen LogP) is 3.66. The number of esters is 2. The lowest BCUT2D eigenvalue weighted by molar-refractivity contribution is -0.146. The number of rotatable bonds is 4. The van der Waals surface area contributed by atoms with Crippen molar-refractivity contribution in [3.05, 3.63) is 46.9 Å². The van der Waals surface area contributed by atoms with E-state index in [4.69, 9.17) is 18.9 Å². The Morgan fingerprint density at radius 1 is 0.808 bits per heavy atom. The molecule has 0 bridgehead atoms. The number of hydrogen-bond acceptors (Lipinski definition) is 6. The van der Waals surface area contributed by atoms with Gasteiger partial charge in [-0.25, -0.2) is 9.59 Å². The van der Waals surface area contributed by atoms with Gasteiger partial charge in [-0.15, -0.1) is 0 Å². The fourth-order valence-electron chi connectivity index (χ4n) is 2.76. The van der Waals surface area contributed by atoms with E-state index < -0.39 is 11.9 Å². The van der Waals surface area contributed by atoms with Gasteiger partial charge in [0.2, 0.25) is 0 Å². The van der Waals surface area contributed by atoms with Gasteiger partial charge in [0.25, 0.3) is 0 Å². The van der Waals surface area contributed by atoms with Gasteiger partial charge in [0, 0.05) is 12.8 Å². The smallest absolute Gasteiger partial charge is 0.335 e. The van der Waals surface area contributed by atoms with E-state index in [0.717, 1.165) is 0 Å². The number of hydrogen-bond donors (Lipinski definition) is 0. The lowest BCUT2D eigenvalue weighted by atomic mass is 9.93. The standard InChI is InChI=1S/C20H22O6/c1-11(2)23-19(21)13-9-17-18(10-14(13)20(22)24-12(3)4)26-16-8-6-5-7-15(16)25-17/h5-8,11-12H,9-10H2,1-4H3. The first-order chi connectivity index (χ1) is 12.3. The molecule has 0 saturated heterocycles. The topological polar surface area (TPSA) is 71.1 Å². The molecule has 0 amide bonds. The number of benzene rings is 1. The summed E-state index contributed by atoms with van der Waals surface area (Å²) in [6, 6.07) is 7.26. The summed E-state index contributed by atoms with van der Waals surface area (Å²) in [5.41, 5.74) is 0.511. The molecule has 0 atom stereocenters. The average Bonchev–Trinajstić information content (AvgIpc) is 2.57. The largest absolute Gasteiger partial charge is 0.460 e. The monoisotopic (exact) mass is 358 g/mol. The van der Waals surface area contributed by atoms with E-state index in [1.165, 1.54) is 0 Å². The minimum absolute atomic E-state index is 0.123. The lowest BCUT2D eigenvalue weighted by Gasteiger charge is -2.28. The fourth-order valence-corrected chi connectivity index (χ4v) is 2.76. The molecular weight excluding hydrogens is 336 g/mol. The van der Waals surface area contributed by atoms with Gasteiger partial charge < -0.3 is 18.9 Å². The minimum atomic E-state index is -0.537. The first-order valence-corrected chi connectivity index (χ1v) is 8.66. The Bertz CT molecular complexity index is 735. The second-order valence-corrected chi connectivity index (χ2v) is 6.72. The van der Waals surface area contributed by atoms with Gasteiger partial charge >= 0.3 is 11.9 Å². The molecule has 3 rings (SSSR count). The molecule has 0 aromatic heterocycles. The number of para-hydroxylation sites is 2. The Kier molecular flexibility index (Phi) is 5.02. The molecule has 1 heterocycles. The van der Waals surface area contributed by atoms with Crippen LogP contribution in [-0.4, -0.2) is 24.1 Å². The van der Waals surface area contributed by atoms with Crippen LogP contribution in [0.25, 0.3) is 0 Å². The normalized spacial score (nSPS) is 15.9. The first-order valence-electron chi connectivity index (χ1n) is 8.66. The summed E-state index contributed by atoms with van der Waals surface area (Å²) in [5, 5.41) is 0. The third kappa shape index (κ3) is 3.74. The van der Waals surface area contributed by atoms with E-state index in [2.05, 4.69) is 0 Å². The van der Waals surface area contributed by atoms with Gasteiger partial charge in [0.05, 0.1) is 23.4 Å². The Morgan fingerprint density at radius 2 is 1.19 bits per heavy atom. The summed E-state index contributed by atoms with van der Waals surface area (Å²) in [4.78, 5) is 25.0. The van der Waals surface area contributed by atoms with Crippen molar-refractivity contribution in [2.24, 2.45) is 0 Å². The number of fused-ring (bicyclic) bond motifs is 1. The SMILES string of the molecule is CC(C)OC(=O)C1=C(C(=O)OC(C)C)CC2=C(C1)Oc1ccccc1O2. The highest BCUT2D eigenvalue weighted by atomic mass is 16.6. The zero-order valence-corrected chi connectivity index (χ0v) is 15.3. The molecule has 1 aliphatic carbocycles. The van der Waals surface area contributed by atoms with Gasteiger partial charge in [0.15, 0.2) is 11.5 Å². The van der Waals surface area contributed by atoms with Crippen molar-refractivity contribution < 1.29 is 28.5 Å². The maximum atomic E-state index is 12.5. The van der Waals surface area contributed by atoms with E-state index in [-0.39, 0.29) is 36.2 Å². The Morgan fingerprint density at radius 3 is 1.54 bits per heavy atom. The quantitative estimate of drug-likeness (QED) is 0.765. The molecule has 0 saturated carbocycles. The van der Waals surface area contributed by atoms with Gasteiger partial charge in [-0.3, -0.25) is 0 Å². The molecule has 6 heteroatoms. The molecule has 0 N–H and O–H groups in total. The summed E-state index contributed by atoms with van der Waals surface area (Å²) < 4.78 is 22.4. The summed E-state index contributed by atoms with van der Waals surface area (Å²) in [7, 11) is 0. The molecule has 0 fully saturated rings.